The molecule has 2 heteroatoms. The van der Waals surface area contributed by atoms with Crippen molar-refractivity contribution in [1.82, 2.24) is 9.97 Å². The first-order valence-electron chi connectivity index (χ1n) is 6.97. The fraction of sp³-hybridized carbons (Fsp3) is 0.235. The Morgan fingerprint density at radius 1 is 0.895 bits per heavy atom. The third-order valence-electron chi connectivity index (χ3n) is 3.99. The Bertz CT molecular complexity index is 683. The van der Waals surface area contributed by atoms with Gasteiger partial charge in [0.15, 0.2) is 0 Å². The van der Waals surface area contributed by atoms with Crippen molar-refractivity contribution in [2.45, 2.75) is 25.7 Å². The number of imidazole rings is 1. The molecule has 0 aliphatic heterocycles. The smallest absolute Gasteiger partial charge is 0.138 e. The molecule has 1 heterocycles. The first-order valence-corrected chi connectivity index (χ1v) is 6.97. The zero-order valence-electron chi connectivity index (χ0n) is 10.8. The van der Waals surface area contributed by atoms with E-state index < -0.39 is 0 Å². The van der Waals surface area contributed by atoms with Crippen molar-refractivity contribution in [1.29, 1.82) is 0 Å². The molecular formula is C17H16N2. The van der Waals surface area contributed by atoms with Gasteiger partial charge in [-0.3, -0.25) is 0 Å². The van der Waals surface area contributed by atoms with Gasteiger partial charge in [-0.1, -0.05) is 30.3 Å². The van der Waals surface area contributed by atoms with Crippen LogP contribution in [0.15, 0.2) is 42.5 Å². The second kappa shape index (κ2) is 4.23. The van der Waals surface area contributed by atoms with Gasteiger partial charge in [-0.2, -0.15) is 0 Å². The Morgan fingerprint density at radius 3 is 2.42 bits per heavy atom. The minimum Gasteiger partial charge on any atom is -0.338 e. The van der Waals surface area contributed by atoms with Gasteiger partial charge in [0, 0.05) is 5.56 Å². The number of H-pyrrole nitrogens is 1. The van der Waals surface area contributed by atoms with E-state index in [1.807, 2.05) is 18.2 Å². The van der Waals surface area contributed by atoms with Crippen LogP contribution in [-0.4, -0.2) is 9.97 Å². The lowest BCUT2D eigenvalue weighted by molar-refractivity contribution is 0.687. The van der Waals surface area contributed by atoms with E-state index in [4.69, 9.17) is 4.98 Å². The van der Waals surface area contributed by atoms with E-state index in [9.17, 15) is 0 Å². The highest BCUT2D eigenvalue weighted by atomic mass is 14.9. The van der Waals surface area contributed by atoms with E-state index in [0.29, 0.717) is 0 Å². The van der Waals surface area contributed by atoms with Gasteiger partial charge >= 0.3 is 0 Å². The van der Waals surface area contributed by atoms with Crippen LogP contribution in [0.1, 0.15) is 24.0 Å². The average Bonchev–Trinajstić information content (AvgIpc) is 2.88. The lowest BCUT2D eigenvalue weighted by Crippen LogP contribution is -2.01. The molecule has 0 amide bonds. The summed E-state index contributed by atoms with van der Waals surface area (Å²) in [6, 6.07) is 14.9. The number of nitrogens with one attached hydrogen (secondary N) is 1. The molecule has 0 unspecified atom stereocenters. The molecule has 2 nitrogen and oxygen atoms in total. The first-order chi connectivity index (χ1) is 9.40. The number of hydrogen-bond acceptors (Lipinski definition) is 1. The highest BCUT2D eigenvalue weighted by Gasteiger charge is 2.12. The number of nitrogens with zero attached hydrogens (tertiary/aromatic N) is 1. The summed E-state index contributed by atoms with van der Waals surface area (Å²) >= 11 is 0. The molecule has 1 aliphatic carbocycles. The minimum absolute atomic E-state index is 0.970. The molecule has 1 aliphatic rings. The summed E-state index contributed by atoms with van der Waals surface area (Å²) in [5.74, 6) is 0.970. The maximum Gasteiger partial charge on any atom is 0.138 e. The number of aromatic amines is 1. The summed E-state index contributed by atoms with van der Waals surface area (Å²) in [6.45, 7) is 0. The van der Waals surface area contributed by atoms with Gasteiger partial charge in [0.2, 0.25) is 0 Å². The average molecular weight is 248 g/mol. The molecule has 0 saturated heterocycles. The van der Waals surface area contributed by atoms with Crippen LogP contribution >= 0.6 is 0 Å². The van der Waals surface area contributed by atoms with Crippen molar-refractivity contribution in [2.24, 2.45) is 0 Å². The largest absolute Gasteiger partial charge is 0.338 e. The van der Waals surface area contributed by atoms with Crippen molar-refractivity contribution < 1.29 is 0 Å². The zero-order chi connectivity index (χ0) is 12.7. The van der Waals surface area contributed by atoms with Gasteiger partial charge < -0.3 is 4.98 Å². The summed E-state index contributed by atoms with van der Waals surface area (Å²) in [5, 5.41) is 0. The Hall–Kier alpha value is -2.09. The van der Waals surface area contributed by atoms with Crippen LogP contribution in [-0.2, 0) is 12.8 Å². The fourth-order valence-electron chi connectivity index (χ4n) is 2.97. The molecule has 19 heavy (non-hydrogen) atoms. The molecule has 1 aromatic heterocycles. The maximum absolute atomic E-state index is 4.74. The predicted octanol–water partition coefficient (Wildman–Crippen LogP) is 4.11. The summed E-state index contributed by atoms with van der Waals surface area (Å²) in [4.78, 5) is 8.19. The van der Waals surface area contributed by atoms with Crippen molar-refractivity contribution in [3.05, 3.63) is 53.6 Å². The number of benzene rings is 2. The summed E-state index contributed by atoms with van der Waals surface area (Å²) in [6.07, 6.45) is 5.05. The third kappa shape index (κ3) is 1.84. The number of fused-ring (bicyclic) bond motifs is 2. The van der Waals surface area contributed by atoms with Crippen LogP contribution in [0, 0.1) is 0 Å². The number of aromatic nitrogens is 2. The van der Waals surface area contributed by atoms with Crippen LogP contribution < -0.4 is 0 Å². The number of hydrogen-bond donors (Lipinski definition) is 1. The van der Waals surface area contributed by atoms with E-state index in [2.05, 4.69) is 29.2 Å². The molecule has 2 aromatic carbocycles. The van der Waals surface area contributed by atoms with Crippen LogP contribution in [0.4, 0.5) is 0 Å². The van der Waals surface area contributed by atoms with E-state index in [0.717, 1.165) is 16.9 Å². The molecule has 94 valence electrons. The topological polar surface area (TPSA) is 28.7 Å². The molecule has 0 fully saturated rings. The number of rotatable bonds is 1. The lowest BCUT2D eigenvalue weighted by Gasteiger charge is -2.14. The quantitative estimate of drug-likeness (QED) is 0.689. The van der Waals surface area contributed by atoms with Gasteiger partial charge in [0.1, 0.15) is 5.82 Å². The molecule has 1 N–H and O–H groups in total. The van der Waals surface area contributed by atoms with Gasteiger partial charge in [-0.15, -0.1) is 0 Å². The van der Waals surface area contributed by atoms with Crippen LogP contribution in [0.25, 0.3) is 22.4 Å². The molecule has 0 radical (unpaired) electrons. The Labute approximate surface area is 112 Å². The minimum atomic E-state index is 0.970. The molecule has 0 bridgehead atoms. The Kier molecular flexibility index (Phi) is 2.41. The second-order valence-electron chi connectivity index (χ2n) is 5.30. The van der Waals surface area contributed by atoms with E-state index in [1.165, 1.54) is 42.3 Å². The van der Waals surface area contributed by atoms with Gasteiger partial charge in [-0.05, 0) is 48.9 Å². The predicted molar refractivity (Wildman–Crippen MR) is 78.2 cm³/mol. The number of aryl methyl sites for hydroxylation is 2. The van der Waals surface area contributed by atoms with Crippen LogP contribution in [0.3, 0.4) is 0 Å². The maximum atomic E-state index is 4.74. The van der Waals surface area contributed by atoms with Crippen LogP contribution in [0.5, 0.6) is 0 Å². The lowest BCUT2D eigenvalue weighted by atomic mass is 9.91. The van der Waals surface area contributed by atoms with E-state index >= 15 is 0 Å². The van der Waals surface area contributed by atoms with Crippen molar-refractivity contribution in [2.75, 3.05) is 0 Å². The fourth-order valence-corrected chi connectivity index (χ4v) is 2.97. The molecular weight excluding hydrogens is 232 g/mol. The molecule has 0 atom stereocenters. The highest BCUT2D eigenvalue weighted by molar-refractivity contribution is 5.81. The van der Waals surface area contributed by atoms with E-state index in [-0.39, 0.29) is 0 Å². The zero-order valence-corrected chi connectivity index (χ0v) is 10.8. The van der Waals surface area contributed by atoms with Crippen molar-refractivity contribution in [3.8, 4) is 11.4 Å². The van der Waals surface area contributed by atoms with Gasteiger partial charge in [0.05, 0.1) is 11.0 Å². The van der Waals surface area contributed by atoms with Gasteiger partial charge in [-0.25, -0.2) is 4.98 Å². The van der Waals surface area contributed by atoms with Gasteiger partial charge in [0.25, 0.3) is 0 Å². The summed E-state index contributed by atoms with van der Waals surface area (Å²) < 4.78 is 0. The molecule has 3 aromatic rings. The highest BCUT2D eigenvalue weighted by Crippen LogP contribution is 2.27. The summed E-state index contributed by atoms with van der Waals surface area (Å²) in [7, 11) is 0. The monoisotopic (exact) mass is 248 g/mol. The molecule has 0 saturated carbocycles. The Morgan fingerprint density at radius 2 is 1.63 bits per heavy atom. The summed E-state index contributed by atoms with van der Waals surface area (Å²) in [5.41, 5.74) is 6.41. The first kappa shape index (κ1) is 10.8. The molecule has 4 rings (SSSR count). The van der Waals surface area contributed by atoms with Crippen molar-refractivity contribution >= 4 is 11.0 Å². The van der Waals surface area contributed by atoms with Crippen LogP contribution in [0.2, 0.25) is 0 Å². The van der Waals surface area contributed by atoms with E-state index in [1.54, 1.807) is 0 Å². The standard InChI is InChI=1S/C17H16N2/c1-2-6-12(7-3-1)17-18-15-10-13-8-4-5-9-14(13)11-16(15)19-17/h1-3,6-7,10-11H,4-5,8-9H2,(H,18,19). The SMILES string of the molecule is c1ccc(-c2nc3cc4c(cc3[nH]2)CCCC4)cc1. The third-order valence-corrected chi connectivity index (χ3v) is 3.99. The second-order valence-corrected chi connectivity index (χ2v) is 5.30. The Balaban J connectivity index is 1.87. The normalized spacial score (nSPS) is 14.5. The molecule has 0 spiro atoms. The van der Waals surface area contributed by atoms with Crippen molar-refractivity contribution in [3.63, 3.8) is 0 Å².